The van der Waals surface area contributed by atoms with Crippen molar-refractivity contribution in [2.75, 3.05) is 34.4 Å². The predicted octanol–water partition coefficient (Wildman–Crippen LogP) is 3.80. The highest BCUT2D eigenvalue weighted by Gasteiger charge is 2.29. The fourth-order valence-electron chi connectivity index (χ4n) is 4.55. The number of methoxy groups -OCH3 is 3. The van der Waals surface area contributed by atoms with E-state index >= 15 is 0 Å². The summed E-state index contributed by atoms with van der Waals surface area (Å²) in [6, 6.07) is 3.67. The van der Waals surface area contributed by atoms with Crippen LogP contribution in [0.5, 0.6) is 17.2 Å². The molecule has 2 heterocycles. The first kappa shape index (κ1) is 21.0. The van der Waals surface area contributed by atoms with Crippen LogP contribution >= 0.6 is 0 Å². The highest BCUT2D eigenvalue weighted by molar-refractivity contribution is 6.04. The van der Waals surface area contributed by atoms with Crippen LogP contribution in [0, 0.1) is 6.92 Å². The Labute approximate surface area is 182 Å². The van der Waals surface area contributed by atoms with Gasteiger partial charge in [0.05, 0.1) is 26.9 Å². The van der Waals surface area contributed by atoms with Gasteiger partial charge in [0.15, 0.2) is 5.78 Å². The van der Waals surface area contributed by atoms with Crippen molar-refractivity contribution in [3.05, 3.63) is 46.3 Å². The summed E-state index contributed by atoms with van der Waals surface area (Å²) in [5.41, 5.74) is 4.89. The van der Waals surface area contributed by atoms with Crippen LogP contribution in [-0.2, 0) is 6.42 Å². The number of nitrogens with one attached hydrogen (secondary N) is 1. The van der Waals surface area contributed by atoms with Crippen molar-refractivity contribution in [3.8, 4) is 17.2 Å². The third kappa shape index (κ3) is 3.69. The second-order valence-electron chi connectivity index (χ2n) is 7.89. The molecule has 0 saturated carbocycles. The van der Waals surface area contributed by atoms with Crippen LogP contribution in [0.15, 0.2) is 18.2 Å². The number of hydrogen-bond acceptors (Lipinski definition) is 5. The number of carbonyl (C=O) groups is 2. The summed E-state index contributed by atoms with van der Waals surface area (Å²) in [5.74, 6) is 2.07. The van der Waals surface area contributed by atoms with E-state index in [9.17, 15) is 9.59 Å². The molecule has 0 fully saturated rings. The molecule has 7 nitrogen and oxygen atoms in total. The topological polar surface area (TPSA) is 80.9 Å². The minimum absolute atomic E-state index is 0.0661. The van der Waals surface area contributed by atoms with Gasteiger partial charge in [-0.3, -0.25) is 9.59 Å². The number of ether oxygens (including phenoxy) is 3. The van der Waals surface area contributed by atoms with E-state index in [2.05, 4.69) is 4.98 Å². The van der Waals surface area contributed by atoms with Crippen LogP contribution in [0.25, 0.3) is 5.57 Å². The fraction of sp³-hybridized carbons (Fsp3) is 0.417. The minimum atomic E-state index is -0.0661. The summed E-state index contributed by atoms with van der Waals surface area (Å²) >= 11 is 0. The van der Waals surface area contributed by atoms with Gasteiger partial charge in [0.2, 0.25) is 0 Å². The molecular formula is C24H28N2O5. The van der Waals surface area contributed by atoms with Gasteiger partial charge in [0, 0.05) is 42.9 Å². The molecule has 1 aromatic carbocycles. The SMILES string of the molecule is COc1cc(OC)c(C2=CCN(C(=O)c3[nH]c4c(c3C)C(=O)CCC4)CC2)c(OC)c1. The van der Waals surface area contributed by atoms with E-state index in [1.807, 2.05) is 25.1 Å². The Hall–Kier alpha value is -3.22. The average molecular weight is 424 g/mol. The highest BCUT2D eigenvalue weighted by atomic mass is 16.5. The maximum Gasteiger partial charge on any atom is 0.270 e. The van der Waals surface area contributed by atoms with Crippen LogP contribution < -0.4 is 14.2 Å². The molecule has 2 aliphatic rings. The van der Waals surface area contributed by atoms with E-state index in [0.717, 1.165) is 40.8 Å². The van der Waals surface area contributed by atoms with Gasteiger partial charge in [-0.05, 0) is 37.3 Å². The second-order valence-corrected chi connectivity index (χ2v) is 7.89. The largest absolute Gasteiger partial charge is 0.496 e. The Morgan fingerprint density at radius 2 is 1.71 bits per heavy atom. The molecule has 1 N–H and O–H groups in total. The second kappa shape index (κ2) is 8.49. The number of benzene rings is 1. The molecule has 1 aliphatic heterocycles. The van der Waals surface area contributed by atoms with Gasteiger partial charge in [0.1, 0.15) is 22.9 Å². The van der Waals surface area contributed by atoms with E-state index in [0.29, 0.717) is 48.9 Å². The van der Waals surface area contributed by atoms with Gasteiger partial charge in [-0.1, -0.05) is 6.08 Å². The molecule has 4 rings (SSSR count). The van der Waals surface area contributed by atoms with Crippen molar-refractivity contribution in [1.29, 1.82) is 0 Å². The molecular weight excluding hydrogens is 396 g/mol. The van der Waals surface area contributed by atoms with E-state index in [4.69, 9.17) is 14.2 Å². The first-order valence-electron chi connectivity index (χ1n) is 10.5. The molecule has 1 aliphatic carbocycles. The summed E-state index contributed by atoms with van der Waals surface area (Å²) in [6.45, 7) is 2.91. The molecule has 7 heteroatoms. The number of aryl methyl sites for hydroxylation is 1. The van der Waals surface area contributed by atoms with Crippen molar-refractivity contribution >= 4 is 17.3 Å². The molecule has 0 atom stereocenters. The summed E-state index contributed by atoms with van der Waals surface area (Å²) in [6.07, 6.45) is 4.92. The number of rotatable bonds is 5. The standard InChI is InChI=1S/C24H28N2O5/c1-14-21-17(6-5-7-18(21)27)25-23(14)24(28)26-10-8-15(9-11-26)22-19(30-3)12-16(29-2)13-20(22)31-4/h8,12-13,25H,5-7,9-11H2,1-4H3. The molecule has 2 aromatic rings. The van der Waals surface area contributed by atoms with Gasteiger partial charge in [-0.25, -0.2) is 0 Å². The summed E-state index contributed by atoms with van der Waals surface area (Å²) in [7, 11) is 4.84. The number of amides is 1. The summed E-state index contributed by atoms with van der Waals surface area (Å²) < 4.78 is 16.5. The number of fused-ring (bicyclic) bond motifs is 1. The lowest BCUT2D eigenvalue weighted by atomic mass is 9.93. The van der Waals surface area contributed by atoms with E-state index in [-0.39, 0.29) is 11.7 Å². The van der Waals surface area contributed by atoms with Crippen molar-refractivity contribution in [1.82, 2.24) is 9.88 Å². The van der Waals surface area contributed by atoms with Crippen molar-refractivity contribution in [2.45, 2.75) is 32.6 Å². The van der Waals surface area contributed by atoms with Gasteiger partial charge in [-0.15, -0.1) is 0 Å². The first-order chi connectivity index (χ1) is 15.0. The number of Topliss-reactive ketones (excluding diaryl/α,β-unsaturated/α-hetero) is 1. The molecule has 0 spiro atoms. The minimum Gasteiger partial charge on any atom is -0.496 e. The number of aromatic amines is 1. The van der Waals surface area contributed by atoms with Gasteiger partial charge in [-0.2, -0.15) is 0 Å². The molecule has 164 valence electrons. The number of aromatic nitrogens is 1. The number of ketones is 1. The third-order valence-electron chi connectivity index (χ3n) is 6.18. The smallest absolute Gasteiger partial charge is 0.270 e. The zero-order valence-corrected chi connectivity index (χ0v) is 18.5. The lowest BCUT2D eigenvalue weighted by molar-refractivity contribution is 0.0766. The quantitative estimate of drug-likeness (QED) is 0.790. The maximum atomic E-state index is 13.2. The Morgan fingerprint density at radius 1 is 1.00 bits per heavy atom. The zero-order valence-electron chi connectivity index (χ0n) is 18.5. The number of hydrogen-bond donors (Lipinski definition) is 1. The van der Waals surface area contributed by atoms with Crippen LogP contribution in [0.2, 0.25) is 0 Å². The van der Waals surface area contributed by atoms with Gasteiger partial charge < -0.3 is 24.1 Å². The van der Waals surface area contributed by atoms with Crippen molar-refractivity contribution in [3.63, 3.8) is 0 Å². The fourth-order valence-corrected chi connectivity index (χ4v) is 4.55. The molecule has 0 saturated heterocycles. The lowest BCUT2D eigenvalue weighted by Crippen LogP contribution is -2.35. The molecule has 0 unspecified atom stereocenters. The molecule has 0 radical (unpaired) electrons. The van der Waals surface area contributed by atoms with Gasteiger partial charge >= 0.3 is 0 Å². The monoisotopic (exact) mass is 424 g/mol. The summed E-state index contributed by atoms with van der Waals surface area (Å²) in [5, 5.41) is 0. The van der Waals surface area contributed by atoms with E-state index < -0.39 is 0 Å². The molecule has 31 heavy (non-hydrogen) atoms. The molecule has 1 amide bonds. The predicted molar refractivity (Wildman–Crippen MR) is 117 cm³/mol. The Kier molecular flexibility index (Phi) is 5.76. The number of nitrogens with zero attached hydrogens (tertiary/aromatic N) is 1. The van der Waals surface area contributed by atoms with Crippen LogP contribution in [0.1, 0.15) is 56.9 Å². The lowest BCUT2D eigenvalue weighted by Gasteiger charge is -2.28. The van der Waals surface area contributed by atoms with Crippen LogP contribution in [0.4, 0.5) is 0 Å². The third-order valence-corrected chi connectivity index (χ3v) is 6.18. The van der Waals surface area contributed by atoms with Crippen molar-refractivity contribution in [2.24, 2.45) is 0 Å². The van der Waals surface area contributed by atoms with Gasteiger partial charge in [0.25, 0.3) is 5.91 Å². The Balaban J connectivity index is 1.60. The van der Waals surface area contributed by atoms with Crippen molar-refractivity contribution < 1.29 is 23.8 Å². The highest BCUT2D eigenvalue weighted by Crippen LogP contribution is 2.41. The van der Waals surface area contributed by atoms with Crippen LogP contribution in [0.3, 0.4) is 0 Å². The average Bonchev–Trinajstić information content (AvgIpc) is 3.15. The Morgan fingerprint density at radius 3 is 2.26 bits per heavy atom. The van der Waals surface area contributed by atoms with E-state index in [1.165, 1.54) is 0 Å². The normalized spacial score (nSPS) is 15.9. The summed E-state index contributed by atoms with van der Waals surface area (Å²) in [4.78, 5) is 30.5. The zero-order chi connectivity index (χ0) is 22.1. The molecule has 0 bridgehead atoms. The Bertz CT molecular complexity index is 1040. The van der Waals surface area contributed by atoms with E-state index in [1.54, 1.807) is 26.2 Å². The molecule has 1 aromatic heterocycles. The maximum absolute atomic E-state index is 13.2. The number of H-pyrrole nitrogens is 1. The first-order valence-corrected chi connectivity index (χ1v) is 10.5. The van der Waals surface area contributed by atoms with Crippen LogP contribution in [-0.4, -0.2) is 56.0 Å². The number of carbonyl (C=O) groups excluding carboxylic acids is 2.